The van der Waals surface area contributed by atoms with E-state index >= 15 is 0 Å². The third kappa shape index (κ3) is 9.20. The summed E-state index contributed by atoms with van der Waals surface area (Å²) in [6, 6.07) is 7.29. The fraction of sp³-hybridized carbons (Fsp3) is 0.379. The van der Waals surface area contributed by atoms with Gasteiger partial charge >= 0.3 is 24.4 Å². The van der Waals surface area contributed by atoms with Crippen molar-refractivity contribution < 1.29 is 50.7 Å². The van der Waals surface area contributed by atoms with E-state index in [4.69, 9.17) is 4.74 Å². The Bertz CT molecular complexity index is 1560. The molecule has 0 saturated carbocycles. The molecule has 1 saturated heterocycles. The van der Waals surface area contributed by atoms with Gasteiger partial charge in [0.05, 0.1) is 11.3 Å². The molecule has 3 N–H and O–H groups in total. The number of alkyl halides is 6. The van der Waals surface area contributed by atoms with Crippen LogP contribution in [0.3, 0.4) is 0 Å². The van der Waals surface area contributed by atoms with Crippen molar-refractivity contribution in [2.75, 3.05) is 42.4 Å². The summed E-state index contributed by atoms with van der Waals surface area (Å²) in [6.07, 6.45) is -9.15. The van der Waals surface area contributed by atoms with Crippen molar-refractivity contribution in [3.05, 3.63) is 66.0 Å². The highest BCUT2D eigenvalue weighted by Crippen LogP contribution is 2.36. The van der Waals surface area contributed by atoms with Gasteiger partial charge < -0.3 is 25.4 Å². The second-order valence-electron chi connectivity index (χ2n) is 10.8. The van der Waals surface area contributed by atoms with E-state index in [1.165, 1.54) is 24.5 Å². The molecule has 254 valence electrons. The van der Waals surface area contributed by atoms with Crippen LogP contribution in [0.5, 0.6) is 11.6 Å². The number of urea groups is 1. The molecule has 0 spiro atoms. The van der Waals surface area contributed by atoms with E-state index in [1.54, 1.807) is 7.05 Å². The lowest BCUT2D eigenvalue weighted by Gasteiger charge is -2.41. The van der Waals surface area contributed by atoms with Gasteiger partial charge in [0.1, 0.15) is 17.9 Å². The van der Waals surface area contributed by atoms with E-state index < -0.39 is 35.6 Å². The molecule has 2 heterocycles. The molecule has 1 aliphatic heterocycles. The van der Waals surface area contributed by atoms with Gasteiger partial charge in [0.2, 0.25) is 5.88 Å². The number of amides is 2. The number of nitrogens with one attached hydrogen (secondary N) is 2. The van der Waals surface area contributed by atoms with E-state index in [9.17, 15) is 41.1 Å². The number of benzene rings is 2. The van der Waals surface area contributed by atoms with Gasteiger partial charge in [-0.1, -0.05) is 19.9 Å². The molecule has 3 aromatic rings. The molecule has 1 aromatic heterocycles. The van der Waals surface area contributed by atoms with Crippen LogP contribution in [0.25, 0.3) is 0 Å². The first kappa shape index (κ1) is 35.2. The maximum atomic E-state index is 14.2. The molecule has 4 rings (SSSR count). The first-order chi connectivity index (χ1) is 22.0. The molecule has 0 aliphatic carbocycles. The fourth-order valence-electron chi connectivity index (χ4n) is 4.76. The molecule has 1 aliphatic rings. The Balaban J connectivity index is 1.58. The zero-order chi connectivity index (χ0) is 34.5. The lowest BCUT2D eigenvalue weighted by Crippen LogP contribution is -2.53. The molecule has 1 fully saturated rings. The molecule has 12 nitrogen and oxygen atoms in total. The van der Waals surface area contributed by atoms with Crippen LogP contribution in [0.15, 0.2) is 54.9 Å². The normalized spacial score (nSPS) is 16.1. The number of hydrogen-bond acceptors (Lipinski definition) is 10. The Labute approximate surface area is 264 Å². The van der Waals surface area contributed by atoms with Gasteiger partial charge in [-0.3, -0.25) is 4.90 Å². The number of halogens is 6. The van der Waals surface area contributed by atoms with Crippen molar-refractivity contribution in [3.8, 4) is 11.6 Å². The Hall–Kier alpha value is -4.68. The maximum Gasteiger partial charge on any atom is 0.493 e. The Morgan fingerprint density at radius 2 is 1.74 bits per heavy atom. The number of aromatic nitrogens is 2. The Morgan fingerprint density at radius 3 is 2.36 bits per heavy atom. The lowest BCUT2D eigenvalue weighted by molar-refractivity contribution is -0.199. The minimum atomic E-state index is -5.50. The average molecular weight is 672 g/mol. The van der Waals surface area contributed by atoms with E-state index in [1.807, 2.05) is 18.7 Å². The molecule has 1 unspecified atom stereocenters. The van der Waals surface area contributed by atoms with Gasteiger partial charge in [-0.15, -0.1) is 5.06 Å². The van der Waals surface area contributed by atoms with Crippen LogP contribution in [0, 0.1) is 5.92 Å². The van der Waals surface area contributed by atoms with Crippen LogP contribution in [0.2, 0.25) is 0 Å². The van der Waals surface area contributed by atoms with Crippen molar-refractivity contribution in [1.29, 1.82) is 0 Å². The van der Waals surface area contributed by atoms with Crippen LogP contribution >= 0.6 is 0 Å². The molecule has 0 bridgehead atoms. The van der Waals surface area contributed by atoms with Crippen LogP contribution in [-0.2, 0) is 22.4 Å². The van der Waals surface area contributed by atoms with Crippen LogP contribution in [0.4, 0.5) is 48.3 Å². The SMILES string of the molecule is CNc1cc(Oc2ccc(N(OC(=O)C(F)(F)F)C(=O)Nc3ccc(CN4CCN(O)CC4C(C)C)c(C(F)(F)F)c3)cc2)ncn1. The van der Waals surface area contributed by atoms with E-state index in [2.05, 4.69) is 25.4 Å². The highest BCUT2D eigenvalue weighted by molar-refractivity contribution is 6.01. The number of ether oxygens (including phenoxy) is 1. The summed E-state index contributed by atoms with van der Waals surface area (Å²) in [4.78, 5) is 38.8. The molecule has 18 heteroatoms. The van der Waals surface area contributed by atoms with Gasteiger partial charge in [-0.2, -0.15) is 31.4 Å². The summed E-state index contributed by atoms with van der Waals surface area (Å²) in [5.41, 5.74) is -2.02. The smallest absolute Gasteiger partial charge is 0.439 e. The summed E-state index contributed by atoms with van der Waals surface area (Å²) >= 11 is 0. The third-order valence-corrected chi connectivity index (χ3v) is 7.10. The molecule has 2 aromatic carbocycles. The predicted octanol–water partition coefficient (Wildman–Crippen LogP) is 5.92. The highest BCUT2D eigenvalue weighted by Gasteiger charge is 2.44. The second kappa shape index (κ2) is 14.4. The number of piperazine rings is 1. The van der Waals surface area contributed by atoms with Crippen LogP contribution in [0.1, 0.15) is 25.0 Å². The van der Waals surface area contributed by atoms with Crippen molar-refractivity contribution in [2.24, 2.45) is 5.92 Å². The zero-order valence-corrected chi connectivity index (χ0v) is 25.3. The van der Waals surface area contributed by atoms with Gasteiger partial charge in [0, 0.05) is 51.0 Å². The van der Waals surface area contributed by atoms with E-state index in [0.29, 0.717) is 18.4 Å². The summed E-state index contributed by atoms with van der Waals surface area (Å²) in [5, 5.41) is 15.8. The number of rotatable bonds is 8. The van der Waals surface area contributed by atoms with Crippen molar-refractivity contribution in [2.45, 2.75) is 38.8 Å². The van der Waals surface area contributed by atoms with Gasteiger partial charge in [0.25, 0.3) is 0 Å². The van der Waals surface area contributed by atoms with Gasteiger partial charge in [-0.05, 0) is 47.9 Å². The van der Waals surface area contributed by atoms with Crippen LogP contribution < -0.4 is 20.4 Å². The molecule has 1 atom stereocenters. The summed E-state index contributed by atoms with van der Waals surface area (Å²) in [5.74, 6) is -2.07. The van der Waals surface area contributed by atoms with Crippen LogP contribution in [-0.4, -0.2) is 76.0 Å². The number of carbonyl (C=O) groups is 2. The predicted molar refractivity (Wildman–Crippen MR) is 156 cm³/mol. The Morgan fingerprint density at radius 1 is 1.04 bits per heavy atom. The average Bonchev–Trinajstić information content (AvgIpc) is 3.00. The molecule has 47 heavy (non-hydrogen) atoms. The number of anilines is 3. The monoisotopic (exact) mass is 671 g/mol. The highest BCUT2D eigenvalue weighted by atomic mass is 19.4. The fourth-order valence-corrected chi connectivity index (χ4v) is 4.76. The molecule has 0 radical (unpaired) electrons. The minimum Gasteiger partial charge on any atom is -0.439 e. The van der Waals surface area contributed by atoms with Crippen molar-refractivity contribution >= 4 is 29.2 Å². The third-order valence-electron chi connectivity index (χ3n) is 7.10. The number of nitrogens with zero attached hydrogens (tertiary/aromatic N) is 5. The van der Waals surface area contributed by atoms with E-state index in [-0.39, 0.29) is 59.5 Å². The first-order valence-electron chi connectivity index (χ1n) is 14.1. The minimum absolute atomic E-state index is 0.0161. The number of hydrogen-bond donors (Lipinski definition) is 3. The quantitative estimate of drug-likeness (QED) is 0.196. The first-order valence-corrected chi connectivity index (χ1v) is 14.1. The van der Waals surface area contributed by atoms with Crippen molar-refractivity contribution in [3.63, 3.8) is 0 Å². The summed E-state index contributed by atoms with van der Waals surface area (Å²) < 4.78 is 87.4. The molecule has 2 amide bonds. The number of hydroxylamine groups is 3. The summed E-state index contributed by atoms with van der Waals surface area (Å²) in [7, 11) is 1.62. The standard InChI is InChI=1S/C29H31F6N7O5/c1-17(2)23-15-41(45)11-10-40(23)14-18-4-5-19(12-22(18)28(30,31)32)39-27(44)42(47-26(43)29(33,34)35)20-6-8-21(9-7-20)46-25-13-24(36-3)37-16-38-25/h4-9,12-13,16-17,23,45H,10-11,14-15H2,1-3H3,(H,39,44)(H,36,37,38). The van der Waals surface area contributed by atoms with E-state index in [0.717, 1.165) is 29.3 Å². The maximum absolute atomic E-state index is 14.2. The molecular formula is C29H31F6N7O5. The number of carbonyl (C=O) groups excluding carboxylic acids is 2. The van der Waals surface area contributed by atoms with Gasteiger partial charge in [-0.25, -0.2) is 19.6 Å². The topological polar surface area (TPSA) is 132 Å². The Kier molecular flexibility index (Phi) is 10.8. The largest absolute Gasteiger partial charge is 0.493 e. The molecular weight excluding hydrogens is 640 g/mol. The van der Waals surface area contributed by atoms with Crippen molar-refractivity contribution in [1.82, 2.24) is 19.9 Å². The van der Waals surface area contributed by atoms with Gasteiger partial charge in [0.15, 0.2) is 0 Å². The summed E-state index contributed by atoms with van der Waals surface area (Å²) in [6.45, 7) is 4.43. The lowest BCUT2D eigenvalue weighted by atomic mass is 9.98. The second-order valence-corrected chi connectivity index (χ2v) is 10.8. The zero-order valence-electron chi connectivity index (χ0n) is 25.3.